The molecule has 0 aliphatic heterocycles. The third-order valence-corrected chi connectivity index (χ3v) is 5.93. The lowest BCUT2D eigenvalue weighted by atomic mass is 9.74. The van der Waals surface area contributed by atoms with Gasteiger partial charge in [-0.05, 0) is 56.4 Å². The molecule has 6 heteroatoms. The Morgan fingerprint density at radius 1 is 1.22 bits per heavy atom. The molecule has 1 amide bonds. The summed E-state index contributed by atoms with van der Waals surface area (Å²) in [5, 5.41) is 5.10. The van der Waals surface area contributed by atoms with Crippen molar-refractivity contribution in [1.29, 1.82) is 0 Å². The summed E-state index contributed by atoms with van der Waals surface area (Å²) < 4.78 is 0. The molecule has 1 aromatic heterocycles. The highest BCUT2D eigenvalue weighted by Gasteiger charge is 2.38. The van der Waals surface area contributed by atoms with Crippen LogP contribution in [0.15, 0.2) is 52.7 Å². The van der Waals surface area contributed by atoms with E-state index in [0.29, 0.717) is 17.4 Å². The summed E-state index contributed by atoms with van der Waals surface area (Å²) in [7, 11) is 0. The molecular weight excluding hydrogens is 356 g/mol. The molecule has 4 rings (SSSR count). The molecule has 27 heavy (non-hydrogen) atoms. The van der Waals surface area contributed by atoms with Gasteiger partial charge in [0, 0.05) is 34.3 Å². The van der Waals surface area contributed by atoms with Crippen LogP contribution < -0.4 is 5.43 Å². The lowest BCUT2D eigenvalue weighted by molar-refractivity contribution is 0.0954. The lowest BCUT2D eigenvalue weighted by Gasteiger charge is -2.31. The van der Waals surface area contributed by atoms with Crippen LogP contribution in [0.2, 0.25) is 0 Å². The van der Waals surface area contributed by atoms with Crippen LogP contribution in [0.3, 0.4) is 0 Å². The van der Waals surface area contributed by atoms with Crippen LogP contribution in [0.25, 0.3) is 0 Å². The number of hydrogen-bond donors (Lipinski definition) is 1. The van der Waals surface area contributed by atoms with Crippen molar-refractivity contribution in [2.75, 3.05) is 0 Å². The Morgan fingerprint density at radius 2 is 1.96 bits per heavy atom. The van der Waals surface area contributed by atoms with Crippen LogP contribution in [0.1, 0.15) is 40.2 Å². The molecule has 0 unspecified atom stereocenters. The molecule has 0 saturated heterocycles. The van der Waals surface area contributed by atoms with E-state index >= 15 is 0 Å². The van der Waals surface area contributed by atoms with Crippen molar-refractivity contribution in [3.05, 3.63) is 65.0 Å². The summed E-state index contributed by atoms with van der Waals surface area (Å²) in [5.41, 5.74) is 7.51. The number of carbonyl (C=O) groups is 1. The van der Waals surface area contributed by atoms with Gasteiger partial charge in [0.15, 0.2) is 5.16 Å². The number of aryl methyl sites for hydroxylation is 2. The van der Waals surface area contributed by atoms with Crippen molar-refractivity contribution in [1.82, 2.24) is 15.4 Å². The van der Waals surface area contributed by atoms with E-state index in [1.807, 2.05) is 44.2 Å². The van der Waals surface area contributed by atoms with Gasteiger partial charge in [-0.15, -0.1) is 0 Å². The standard InChI is InChI=1S/C21H22N4OS/c1-13-10-14(2)23-21(22-13)27-12-15-6-8-16(9-7-15)20(26)25-24-19-11-17-4-3-5-18(17)19/h3-4,6-10,17-18H,5,11-12H2,1-2H3,(H,25,26)/b24-19-/t17-,18+/m1/s1. The molecular formula is C21H22N4OS. The SMILES string of the molecule is Cc1cc(C)nc(SCc2ccc(C(=O)N/N=C3/C[C@H]4C=CC[C@H]34)cc2)n1. The van der Waals surface area contributed by atoms with E-state index in [1.54, 1.807) is 11.8 Å². The molecule has 2 aromatic rings. The predicted molar refractivity (Wildman–Crippen MR) is 108 cm³/mol. The molecule has 1 aromatic carbocycles. The van der Waals surface area contributed by atoms with Gasteiger partial charge in [0.2, 0.25) is 0 Å². The van der Waals surface area contributed by atoms with E-state index in [0.717, 1.165) is 46.4 Å². The second-order valence-electron chi connectivity index (χ2n) is 7.10. The van der Waals surface area contributed by atoms with Gasteiger partial charge < -0.3 is 0 Å². The molecule has 0 radical (unpaired) electrons. The van der Waals surface area contributed by atoms with Crippen molar-refractivity contribution in [3.8, 4) is 0 Å². The van der Waals surface area contributed by atoms with Crippen LogP contribution >= 0.6 is 11.8 Å². The second-order valence-corrected chi connectivity index (χ2v) is 8.04. The first kappa shape index (κ1) is 17.9. The van der Waals surface area contributed by atoms with Crippen molar-refractivity contribution in [3.63, 3.8) is 0 Å². The molecule has 2 aliphatic rings. The van der Waals surface area contributed by atoms with Crippen LogP contribution in [-0.4, -0.2) is 21.6 Å². The molecule has 1 heterocycles. The average Bonchev–Trinajstić information content (AvgIpc) is 3.00. The fraction of sp³-hybridized carbons (Fsp3) is 0.333. The minimum Gasteiger partial charge on any atom is -0.267 e. The quantitative estimate of drug-likeness (QED) is 0.369. The van der Waals surface area contributed by atoms with Gasteiger partial charge in [0.25, 0.3) is 5.91 Å². The summed E-state index contributed by atoms with van der Waals surface area (Å²) in [5.74, 6) is 1.76. The number of rotatable bonds is 5. The van der Waals surface area contributed by atoms with Crippen molar-refractivity contribution in [2.24, 2.45) is 16.9 Å². The molecule has 138 valence electrons. The number of nitrogens with zero attached hydrogens (tertiary/aromatic N) is 3. The monoisotopic (exact) mass is 378 g/mol. The third-order valence-electron chi connectivity index (χ3n) is 5.01. The number of carbonyl (C=O) groups excluding carboxylic acids is 1. The zero-order chi connectivity index (χ0) is 18.8. The Hall–Kier alpha value is -2.47. The number of thioether (sulfide) groups is 1. The van der Waals surface area contributed by atoms with E-state index in [-0.39, 0.29) is 5.91 Å². The molecule has 2 aliphatic carbocycles. The molecule has 1 fully saturated rings. The van der Waals surface area contributed by atoms with Gasteiger partial charge in [0.1, 0.15) is 0 Å². The van der Waals surface area contributed by atoms with Crippen LogP contribution in [0.4, 0.5) is 0 Å². The number of nitrogens with one attached hydrogen (secondary N) is 1. The highest BCUT2D eigenvalue weighted by atomic mass is 32.2. The molecule has 0 bridgehead atoms. The highest BCUT2D eigenvalue weighted by Crippen LogP contribution is 2.40. The molecule has 5 nitrogen and oxygen atoms in total. The number of amides is 1. The minimum atomic E-state index is -0.159. The average molecular weight is 379 g/mol. The number of allylic oxidation sites excluding steroid dienone is 2. The van der Waals surface area contributed by atoms with E-state index in [9.17, 15) is 4.79 Å². The predicted octanol–water partition coefficient (Wildman–Crippen LogP) is 4.07. The van der Waals surface area contributed by atoms with E-state index in [1.165, 1.54) is 0 Å². The maximum Gasteiger partial charge on any atom is 0.271 e. The lowest BCUT2D eigenvalue weighted by Crippen LogP contribution is -2.35. The first-order valence-corrected chi connectivity index (χ1v) is 10.1. The van der Waals surface area contributed by atoms with Crippen LogP contribution in [-0.2, 0) is 5.75 Å². The zero-order valence-electron chi connectivity index (χ0n) is 15.5. The number of benzene rings is 1. The maximum atomic E-state index is 12.3. The van der Waals surface area contributed by atoms with E-state index < -0.39 is 0 Å². The number of aromatic nitrogens is 2. The summed E-state index contributed by atoms with van der Waals surface area (Å²) in [6, 6.07) is 9.59. The molecule has 2 atom stereocenters. The summed E-state index contributed by atoms with van der Waals surface area (Å²) in [6.07, 6.45) is 6.49. The second kappa shape index (κ2) is 7.64. The van der Waals surface area contributed by atoms with E-state index in [4.69, 9.17) is 0 Å². The normalized spacial score (nSPS) is 21.8. The Morgan fingerprint density at radius 3 is 2.67 bits per heavy atom. The first-order valence-electron chi connectivity index (χ1n) is 9.16. The van der Waals surface area contributed by atoms with Gasteiger partial charge in [-0.1, -0.05) is 36.0 Å². The smallest absolute Gasteiger partial charge is 0.267 e. The summed E-state index contributed by atoms with van der Waals surface area (Å²) in [4.78, 5) is 21.2. The van der Waals surface area contributed by atoms with Crippen molar-refractivity contribution < 1.29 is 4.79 Å². The Kier molecular flexibility index (Phi) is 5.07. The zero-order valence-corrected chi connectivity index (χ0v) is 16.3. The van der Waals surface area contributed by atoms with Crippen molar-refractivity contribution in [2.45, 2.75) is 37.6 Å². The Bertz CT molecular complexity index is 900. The van der Waals surface area contributed by atoms with Gasteiger partial charge in [-0.3, -0.25) is 4.79 Å². The number of fused-ring (bicyclic) bond motifs is 1. The molecule has 1 N–H and O–H groups in total. The van der Waals surface area contributed by atoms with Gasteiger partial charge >= 0.3 is 0 Å². The van der Waals surface area contributed by atoms with Crippen LogP contribution in [0.5, 0.6) is 0 Å². The first-order chi connectivity index (χ1) is 13.1. The summed E-state index contributed by atoms with van der Waals surface area (Å²) >= 11 is 1.60. The fourth-order valence-electron chi connectivity index (χ4n) is 3.51. The molecule has 0 spiro atoms. The highest BCUT2D eigenvalue weighted by molar-refractivity contribution is 7.98. The van der Waals surface area contributed by atoms with Crippen LogP contribution in [0, 0.1) is 25.7 Å². The fourth-order valence-corrected chi connectivity index (χ4v) is 4.41. The number of hydrogen-bond acceptors (Lipinski definition) is 5. The Labute approximate surface area is 163 Å². The Balaban J connectivity index is 1.31. The minimum absolute atomic E-state index is 0.159. The number of hydrazone groups is 1. The largest absolute Gasteiger partial charge is 0.271 e. The van der Waals surface area contributed by atoms with E-state index in [2.05, 4.69) is 32.6 Å². The molecule has 1 saturated carbocycles. The van der Waals surface area contributed by atoms with Gasteiger partial charge in [0.05, 0.1) is 0 Å². The third kappa shape index (κ3) is 4.11. The topological polar surface area (TPSA) is 67.2 Å². The van der Waals surface area contributed by atoms with Gasteiger partial charge in [-0.2, -0.15) is 5.10 Å². The summed E-state index contributed by atoms with van der Waals surface area (Å²) in [6.45, 7) is 3.95. The maximum absolute atomic E-state index is 12.3. The van der Waals surface area contributed by atoms with Gasteiger partial charge in [-0.25, -0.2) is 15.4 Å². The van der Waals surface area contributed by atoms with Crippen molar-refractivity contribution >= 4 is 23.4 Å².